The minimum atomic E-state index is -0.582. The highest BCUT2D eigenvalue weighted by molar-refractivity contribution is 9.10. The largest absolute Gasteiger partial charge is 0.493 e. The zero-order chi connectivity index (χ0) is 18.4. The summed E-state index contributed by atoms with van der Waals surface area (Å²) in [5.41, 5.74) is 1.14. The van der Waals surface area contributed by atoms with Gasteiger partial charge in [-0.15, -0.1) is 0 Å². The number of halogens is 1. The summed E-state index contributed by atoms with van der Waals surface area (Å²) < 4.78 is 17.9. The van der Waals surface area contributed by atoms with E-state index in [1.54, 1.807) is 7.11 Å². The molecule has 1 saturated heterocycles. The van der Waals surface area contributed by atoms with Crippen LogP contribution in [-0.2, 0) is 4.74 Å². The highest BCUT2D eigenvalue weighted by Gasteiger charge is 2.24. The van der Waals surface area contributed by atoms with Gasteiger partial charge in [0.1, 0.15) is 12.7 Å². The van der Waals surface area contributed by atoms with Crippen molar-refractivity contribution in [1.82, 2.24) is 4.90 Å². The molecule has 2 aromatic rings. The van der Waals surface area contributed by atoms with Crippen LogP contribution in [0.4, 0.5) is 0 Å². The molecule has 1 N–H and O–H groups in total. The van der Waals surface area contributed by atoms with Crippen LogP contribution >= 0.6 is 15.9 Å². The van der Waals surface area contributed by atoms with Crippen LogP contribution in [0.2, 0.25) is 0 Å². The molecule has 0 bridgehead atoms. The Labute approximate surface area is 162 Å². The molecule has 0 amide bonds. The molecule has 0 spiro atoms. The lowest BCUT2D eigenvalue weighted by molar-refractivity contribution is -0.0460. The molecule has 1 aliphatic rings. The molecule has 5 nitrogen and oxygen atoms in total. The number of para-hydroxylation sites is 2. The molecule has 0 saturated carbocycles. The molecule has 2 unspecified atom stereocenters. The van der Waals surface area contributed by atoms with Crippen LogP contribution in [0.25, 0.3) is 0 Å². The van der Waals surface area contributed by atoms with E-state index >= 15 is 0 Å². The van der Waals surface area contributed by atoms with E-state index in [0.29, 0.717) is 24.7 Å². The van der Waals surface area contributed by atoms with Gasteiger partial charge in [-0.05, 0) is 29.8 Å². The number of ether oxygens (including phenoxy) is 3. The first-order chi connectivity index (χ1) is 12.7. The summed E-state index contributed by atoms with van der Waals surface area (Å²) in [5, 5.41) is 10.4. The molecule has 3 rings (SSSR count). The standard InChI is InChI=1S/C20H24BrNO4/c1-24-18-7-2-3-8-19(18)26-14-17(23)12-22-9-10-25-20(13-22)15-5-4-6-16(21)11-15/h2-8,11,17,20,23H,9-10,12-14H2,1H3. The summed E-state index contributed by atoms with van der Waals surface area (Å²) in [5.74, 6) is 1.31. The maximum atomic E-state index is 10.4. The quantitative estimate of drug-likeness (QED) is 0.743. The van der Waals surface area contributed by atoms with Crippen molar-refractivity contribution < 1.29 is 19.3 Å². The number of benzene rings is 2. The summed E-state index contributed by atoms with van der Waals surface area (Å²) >= 11 is 3.50. The Bertz CT molecular complexity index is 712. The van der Waals surface area contributed by atoms with Gasteiger partial charge in [0, 0.05) is 24.1 Å². The fraction of sp³-hybridized carbons (Fsp3) is 0.400. The van der Waals surface area contributed by atoms with E-state index < -0.39 is 6.10 Å². The summed E-state index contributed by atoms with van der Waals surface area (Å²) in [4.78, 5) is 2.21. The summed E-state index contributed by atoms with van der Waals surface area (Å²) in [6, 6.07) is 15.6. The van der Waals surface area contributed by atoms with Crippen molar-refractivity contribution in [3.63, 3.8) is 0 Å². The fourth-order valence-corrected chi connectivity index (χ4v) is 3.47. The van der Waals surface area contributed by atoms with Gasteiger partial charge in [0.15, 0.2) is 11.5 Å². The van der Waals surface area contributed by atoms with Crippen molar-refractivity contribution in [2.24, 2.45) is 0 Å². The van der Waals surface area contributed by atoms with Crippen LogP contribution < -0.4 is 9.47 Å². The van der Waals surface area contributed by atoms with Gasteiger partial charge in [-0.25, -0.2) is 0 Å². The Kier molecular flexibility index (Phi) is 6.91. The molecule has 1 aliphatic heterocycles. The molecule has 2 atom stereocenters. The summed E-state index contributed by atoms with van der Waals surface area (Å²) in [6.45, 7) is 2.97. The van der Waals surface area contributed by atoms with E-state index in [1.165, 1.54) is 0 Å². The number of aliphatic hydroxyl groups is 1. The molecule has 1 heterocycles. The lowest BCUT2D eigenvalue weighted by Gasteiger charge is -2.34. The van der Waals surface area contributed by atoms with Gasteiger partial charge in [-0.2, -0.15) is 0 Å². The Hall–Kier alpha value is -1.60. The van der Waals surface area contributed by atoms with Crippen LogP contribution in [0.3, 0.4) is 0 Å². The zero-order valence-electron chi connectivity index (χ0n) is 14.8. The first-order valence-electron chi connectivity index (χ1n) is 8.69. The van der Waals surface area contributed by atoms with Crippen molar-refractivity contribution in [1.29, 1.82) is 0 Å². The molecule has 1 fully saturated rings. The molecule has 0 aliphatic carbocycles. The number of nitrogens with zero attached hydrogens (tertiary/aromatic N) is 1. The maximum absolute atomic E-state index is 10.4. The highest BCUT2D eigenvalue weighted by Crippen LogP contribution is 2.27. The van der Waals surface area contributed by atoms with Crippen molar-refractivity contribution >= 4 is 15.9 Å². The number of morpholine rings is 1. The average molecular weight is 422 g/mol. The number of methoxy groups -OCH3 is 1. The van der Waals surface area contributed by atoms with Gasteiger partial charge in [-0.3, -0.25) is 4.90 Å². The fourth-order valence-electron chi connectivity index (χ4n) is 3.05. The normalized spacial score (nSPS) is 19.1. The number of β-amino-alcohol motifs (C(OH)–C–C–N with tert-alkyl or cyclic N) is 1. The van der Waals surface area contributed by atoms with Gasteiger partial charge in [0.25, 0.3) is 0 Å². The number of hydrogen-bond donors (Lipinski definition) is 1. The summed E-state index contributed by atoms with van der Waals surface area (Å²) in [6.07, 6.45) is -0.565. The van der Waals surface area contributed by atoms with Crippen LogP contribution in [0, 0.1) is 0 Å². The van der Waals surface area contributed by atoms with Crippen molar-refractivity contribution in [3.8, 4) is 11.5 Å². The zero-order valence-corrected chi connectivity index (χ0v) is 16.4. The molecular weight excluding hydrogens is 398 g/mol. The van der Waals surface area contributed by atoms with Gasteiger partial charge < -0.3 is 19.3 Å². The van der Waals surface area contributed by atoms with Crippen molar-refractivity contribution in [3.05, 3.63) is 58.6 Å². The third-order valence-electron chi connectivity index (χ3n) is 4.34. The lowest BCUT2D eigenvalue weighted by atomic mass is 10.1. The van der Waals surface area contributed by atoms with E-state index in [1.807, 2.05) is 36.4 Å². The van der Waals surface area contributed by atoms with Crippen LogP contribution in [0.1, 0.15) is 11.7 Å². The third-order valence-corrected chi connectivity index (χ3v) is 4.83. The predicted octanol–water partition coefficient (Wildman–Crippen LogP) is 3.27. The van der Waals surface area contributed by atoms with Crippen molar-refractivity contribution in [2.75, 3.05) is 40.0 Å². The van der Waals surface area contributed by atoms with E-state index in [2.05, 4.69) is 33.0 Å². The molecule has 140 valence electrons. The molecule has 6 heteroatoms. The van der Waals surface area contributed by atoms with Gasteiger partial charge in [0.05, 0.1) is 19.8 Å². The van der Waals surface area contributed by atoms with Gasteiger partial charge in [0.2, 0.25) is 0 Å². The van der Waals surface area contributed by atoms with E-state index in [4.69, 9.17) is 14.2 Å². The van der Waals surface area contributed by atoms with E-state index in [-0.39, 0.29) is 12.7 Å². The Balaban J connectivity index is 1.51. The predicted molar refractivity (Wildman–Crippen MR) is 104 cm³/mol. The van der Waals surface area contributed by atoms with Gasteiger partial charge in [-0.1, -0.05) is 40.2 Å². The maximum Gasteiger partial charge on any atom is 0.161 e. The van der Waals surface area contributed by atoms with Crippen molar-refractivity contribution in [2.45, 2.75) is 12.2 Å². The first-order valence-corrected chi connectivity index (χ1v) is 9.48. The Morgan fingerprint density at radius 2 is 2.04 bits per heavy atom. The second-order valence-electron chi connectivity index (χ2n) is 6.29. The Morgan fingerprint density at radius 3 is 2.81 bits per heavy atom. The Morgan fingerprint density at radius 1 is 1.23 bits per heavy atom. The van der Waals surface area contributed by atoms with E-state index in [9.17, 15) is 5.11 Å². The highest BCUT2D eigenvalue weighted by atomic mass is 79.9. The molecular formula is C20H24BrNO4. The molecule has 2 aromatic carbocycles. The summed E-state index contributed by atoms with van der Waals surface area (Å²) in [7, 11) is 1.61. The monoisotopic (exact) mass is 421 g/mol. The number of rotatable bonds is 7. The molecule has 0 aromatic heterocycles. The van der Waals surface area contributed by atoms with Crippen LogP contribution in [0.15, 0.2) is 53.0 Å². The topological polar surface area (TPSA) is 51.2 Å². The smallest absolute Gasteiger partial charge is 0.161 e. The molecule has 26 heavy (non-hydrogen) atoms. The average Bonchev–Trinajstić information content (AvgIpc) is 2.67. The number of aliphatic hydroxyl groups excluding tert-OH is 1. The third kappa shape index (κ3) is 5.20. The second kappa shape index (κ2) is 9.37. The first kappa shape index (κ1) is 19.2. The van der Waals surface area contributed by atoms with Crippen LogP contribution in [-0.4, -0.2) is 56.1 Å². The van der Waals surface area contributed by atoms with Crippen LogP contribution in [0.5, 0.6) is 11.5 Å². The van der Waals surface area contributed by atoms with Gasteiger partial charge >= 0.3 is 0 Å². The lowest BCUT2D eigenvalue weighted by Crippen LogP contribution is -2.43. The van der Waals surface area contributed by atoms with E-state index in [0.717, 1.165) is 23.1 Å². The minimum absolute atomic E-state index is 0.0172. The second-order valence-corrected chi connectivity index (χ2v) is 7.21. The number of hydrogen-bond acceptors (Lipinski definition) is 5. The SMILES string of the molecule is COc1ccccc1OCC(O)CN1CCOC(c2cccc(Br)c2)C1. The molecule has 0 radical (unpaired) electrons. The minimum Gasteiger partial charge on any atom is -0.493 e.